The minimum Gasteiger partial charge on any atom is -0.508 e. The average molecular weight is 188 g/mol. The third-order valence-electron chi connectivity index (χ3n) is 2.78. The minimum atomic E-state index is 0.297. The molecular formula is C12H12O2. The van der Waals surface area contributed by atoms with Gasteiger partial charge in [0.2, 0.25) is 0 Å². The summed E-state index contributed by atoms with van der Waals surface area (Å²) in [5, 5.41) is 9.31. The molecule has 1 aliphatic rings. The Morgan fingerprint density at radius 1 is 1.36 bits per heavy atom. The van der Waals surface area contributed by atoms with Gasteiger partial charge in [0, 0.05) is 0 Å². The Morgan fingerprint density at radius 3 is 2.86 bits per heavy atom. The topological polar surface area (TPSA) is 37.3 Å². The zero-order chi connectivity index (χ0) is 10.1. The SMILES string of the molecule is CC1=C(C=O)CCc2cc(O)ccc21. The molecule has 2 heteroatoms. The first-order chi connectivity index (χ1) is 6.72. The summed E-state index contributed by atoms with van der Waals surface area (Å²) < 4.78 is 0. The van der Waals surface area contributed by atoms with E-state index in [0.29, 0.717) is 5.75 Å². The lowest BCUT2D eigenvalue weighted by Crippen LogP contribution is -2.03. The molecule has 1 aromatic carbocycles. The first-order valence-electron chi connectivity index (χ1n) is 4.69. The van der Waals surface area contributed by atoms with Crippen LogP contribution >= 0.6 is 0 Å². The third-order valence-corrected chi connectivity index (χ3v) is 2.78. The van der Waals surface area contributed by atoms with Crippen LogP contribution in [0.15, 0.2) is 23.8 Å². The van der Waals surface area contributed by atoms with Crippen molar-refractivity contribution in [3.63, 3.8) is 0 Å². The number of allylic oxidation sites excluding steroid dienone is 2. The maximum absolute atomic E-state index is 10.7. The van der Waals surface area contributed by atoms with Gasteiger partial charge in [-0.3, -0.25) is 4.79 Å². The summed E-state index contributed by atoms with van der Waals surface area (Å²) in [6, 6.07) is 5.32. The summed E-state index contributed by atoms with van der Waals surface area (Å²) in [5.41, 5.74) is 4.15. The molecule has 0 atom stereocenters. The van der Waals surface area contributed by atoms with Gasteiger partial charge >= 0.3 is 0 Å². The third kappa shape index (κ3) is 1.33. The van der Waals surface area contributed by atoms with Gasteiger partial charge in [0.25, 0.3) is 0 Å². The summed E-state index contributed by atoms with van der Waals surface area (Å²) in [6.45, 7) is 1.96. The van der Waals surface area contributed by atoms with E-state index in [1.807, 2.05) is 13.0 Å². The number of fused-ring (bicyclic) bond motifs is 1. The second-order valence-electron chi connectivity index (χ2n) is 3.61. The lowest BCUT2D eigenvalue weighted by molar-refractivity contribution is -0.105. The summed E-state index contributed by atoms with van der Waals surface area (Å²) in [7, 11) is 0. The van der Waals surface area contributed by atoms with Gasteiger partial charge < -0.3 is 5.11 Å². The molecule has 0 aromatic heterocycles. The maximum atomic E-state index is 10.7. The number of aryl methyl sites for hydroxylation is 1. The summed E-state index contributed by atoms with van der Waals surface area (Å²) in [4.78, 5) is 10.7. The van der Waals surface area contributed by atoms with Crippen LogP contribution in [0.1, 0.15) is 24.5 Å². The Morgan fingerprint density at radius 2 is 2.14 bits per heavy atom. The predicted octanol–water partition coefficient (Wildman–Crippen LogP) is 2.31. The zero-order valence-corrected chi connectivity index (χ0v) is 8.08. The molecule has 2 nitrogen and oxygen atoms in total. The highest BCUT2D eigenvalue weighted by Gasteiger charge is 2.15. The quantitative estimate of drug-likeness (QED) is 0.687. The van der Waals surface area contributed by atoms with E-state index in [9.17, 15) is 9.90 Å². The second kappa shape index (κ2) is 3.29. The number of rotatable bonds is 1. The number of carbonyl (C=O) groups excluding carboxylic acids is 1. The molecular weight excluding hydrogens is 176 g/mol. The Labute approximate surface area is 82.9 Å². The molecule has 0 fully saturated rings. The molecule has 0 unspecified atom stereocenters. The minimum absolute atomic E-state index is 0.297. The summed E-state index contributed by atoms with van der Waals surface area (Å²) in [6.07, 6.45) is 2.56. The zero-order valence-electron chi connectivity index (χ0n) is 8.08. The predicted molar refractivity (Wildman–Crippen MR) is 55.1 cm³/mol. The van der Waals surface area contributed by atoms with Crippen molar-refractivity contribution in [2.45, 2.75) is 19.8 Å². The molecule has 1 aromatic rings. The monoisotopic (exact) mass is 188 g/mol. The van der Waals surface area contributed by atoms with Crippen molar-refractivity contribution in [3.05, 3.63) is 34.9 Å². The maximum Gasteiger partial charge on any atom is 0.146 e. The van der Waals surface area contributed by atoms with E-state index in [4.69, 9.17) is 0 Å². The molecule has 0 amide bonds. The normalized spacial score (nSPS) is 15.2. The van der Waals surface area contributed by atoms with Crippen molar-refractivity contribution in [1.29, 1.82) is 0 Å². The fourth-order valence-corrected chi connectivity index (χ4v) is 1.93. The van der Waals surface area contributed by atoms with Gasteiger partial charge in [-0.2, -0.15) is 0 Å². The number of phenols is 1. The lowest BCUT2D eigenvalue weighted by atomic mass is 9.87. The van der Waals surface area contributed by atoms with Crippen LogP contribution < -0.4 is 0 Å². The van der Waals surface area contributed by atoms with Gasteiger partial charge in [0.1, 0.15) is 12.0 Å². The summed E-state index contributed by atoms with van der Waals surface area (Å²) >= 11 is 0. The Hall–Kier alpha value is -1.57. The molecule has 1 aliphatic carbocycles. The molecule has 72 valence electrons. The molecule has 0 heterocycles. The van der Waals surface area contributed by atoms with E-state index >= 15 is 0 Å². The summed E-state index contributed by atoms with van der Waals surface area (Å²) in [5.74, 6) is 0.297. The van der Waals surface area contributed by atoms with Crippen LogP contribution in [0.3, 0.4) is 0 Å². The Kier molecular flexibility index (Phi) is 2.12. The molecule has 0 aliphatic heterocycles. The van der Waals surface area contributed by atoms with Gasteiger partial charge in [-0.25, -0.2) is 0 Å². The van der Waals surface area contributed by atoms with E-state index < -0.39 is 0 Å². The smallest absolute Gasteiger partial charge is 0.146 e. The molecule has 1 N–H and O–H groups in total. The van der Waals surface area contributed by atoms with Crippen LogP contribution in [-0.2, 0) is 11.2 Å². The number of hydrogen-bond donors (Lipinski definition) is 1. The Bertz CT molecular complexity index is 416. The molecule has 14 heavy (non-hydrogen) atoms. The van der Waals surface area contributed by atoms with Crippen LogP contribution in [0.2, 0.25) is 0 Å². The van der Waals surface area contributed by atoms with Crippen LogP contribution in [-0.4, -0.2) is 11.4 Å². The van der Waals surface area contributed by atoms with E-state index in [2.05, 4.69) is 0 Å². The Balaban J connectivity index is 2.58. The highest BCUT2D eigenvalue weighted by molar-refractivity contribution is 5.89. The second-order valence-corrected chi connectivity index (χ2v) is 3.61. The van der Waals surface area contributed by atoms with Crippen LogP contribution in [0.4, 0.5) is 0 Å². The van der Waals surface area contributed by atoms with Crippen molar-refractivity contribution < 1.29 is 9.90 Å². The highest BCUT2D eigenvalue weighted by Crippen LogP contribution is 2.31. The molecule has 0 bridgehead atoms. The van der Waals surface area contributed by atoms with Crippen molar-refractivity contribution in [3.8, 4) is 5.75 Å². The first kappa shape index (κ1) is 9.00. The number of benzene rings is 1. The van der Waals surface area contributed by atoms with E-state index in [1.165, 1.54) is 0 Å². The molecule has 2 rings (SSSR count). The molecule has 0 spiro atoms. The van der Waals surface area contributed by atoms with Gasteiger partial charge in [0.15, 0.2) is 0 Å². The van der Waals surface area contributed by atoms with Crippen molar-refractivity contribution >= 4 is 11.9 Å². The molecule has 0 saturated carbocycles. The highest BCUT2D eigenvalue weighted by atomic mass is 16.3. The van der Waals surface area contributed by atoms with Crippen LogP contribution in [0.25, 0.3) is 5.57 Å². The number of aromatic hydroxyl groups is 1. The van der Waals surface area contributed by atoms with Crippen LogP contribution in [0.5, 0.6) is 5.75 Å². The van der Waals surface area contributed by atoms with Crippen molar-refractivity contribution in [2.24, 2.45) is 0 Å². The van der Waals surface area contributed by atoms with E-state index in [0.717, 1.165) is 41.4 Å². The fourth-order valence-electron chi connectivity index (χ4n) is 1.93. The van der Waals surface area contributed by atoms with Gasteiger partial charge in [-0.1, -0.05) is 6.07 Å². The van der Waals surface area contributed by atoms with Crippen LogP contribution in [0, 0.1) is 0 Å². The van der Waals surface area contributed by atoms with Gasteiger partial charge in [0.05, 0.1) is 0 Å². The standard InChI is InChI=1S/C12H12O2/c1-8-10(7-13)3-2-9-6-11(14)4-5-12(8)9/h4-7,14H,2-3H2,1H3. The largest absolute Gasteiger partial charge is 0.508 e. The van der Waals surface area contributed by atoms with E-state index in [1.54, 1.807) is 12.1 Å². The van der Waals surface area contributed by atoms with Crippen molar-refractivity contribution in [1.82, 2.24) is 0 Å². The average Bonchev–Trinajstić information content (AvgIpc) is 2.18. The van der Waals surface area contributed by atoms with Crippen molar-refractivity contribution in [2.75, 3.05) is 0 Å². The molecule has 0 saturated heterocycles. The number of hydrogen-bond acceptors (Lipinski definition) is 2. The van der Waals surface area contributed by atoms with Gasteiger partial charge in [-0.05, 0) is 54.2 Å². The van der Waals surface area contributed by atoms with Gasteiger partial charge in [-0.15, -0.1) is 0 Å². The first-order valence-corrected chi connectivity index (χ1v) is 4.69. The lowest BCUT2D eigenvalue weighted by Gasteiger charge is -2.18. The van der Waals surface area contributed by atoms with E-state index in [-0.39, 0.29) is 0 Å². The number of phenolic OH excluding ortho intramolecular Hbond substituents is 1. The number of aldehydes is 1. The molecule has 0 radical (unpaired) electrons. The number of carbonyl (C=O) groups is 1. The fraction of sp³-hybridized carbons (Fsp3) is 0.250.